The number of rotatable bonds is 11. The summed E-state index contributed by atoms with van der Waals surface area (Å²) in [5.41, 5.74) is 5.98. The molecule has 0 atom stereocenters. The van der Waals surface area contributed by atoms with E-state index < -0.39 is 31.7 Å². The molecule has 0 radical (unpaired) electrons. The number of benzene rings is 4. The van der Waals surface area contributed by atoms with Gasteiger partial charge >= 0.3 is 0 Å². The van der Waals surface area contributed by atoms with Crippen molar-refractivity contribution in [2.75, 3.05) is 23.0 Å². The first-order chi connectivity index (χ1) is 21.5. The predicted molar refractivity (Wildman–Crippen MR) is 179 cm³/mol. The Bertz CT molecular complexity index is 2100. The molecule has 8 nitrogen and oxygen atoms in total. The first-order valence-corrected chi connectivity index (χ1v) is 19.1. The molecule has 1 aliphatic heterocycles. The SMILES string of the molecule is O=S(=O)([O-])CCCN1/C(=C/c2sc3ccc(-c4ccccc4)cc3[n+]2CCCS(=O)(=O)[O-])Sc2ccc(-c3ccccc3)cc21. The normalized spacial score (nSPS) is 14.4. The zero-order valence-electron chi connectivity index (χ0n) is 24.0. The highest BCUT2D eigenvalue weighted by Gasteiger charge is 2.29. The van der Waals surface area contributed by atoms with Gasteiger partial charge in [0.1, 0.15) is 4.70 Å². The fourth-order valence-corrected chi connectivity index (χ4v) is 8.65. The molecule has 232 valence electrons. The lowest BCUT2D eigenvalue weighted by Crippen LogP contribution is -2.36. The Morgan fingerprint density at radius 1 is 0.711 bits per heavy atom. The Morgan fingerprint density at radius 3 is 1.96 bits per heavy atom. The van der Waals surface area contributed by atoms with E-state index in [-0.39, 0.29) is 12.8 Å². The minimum atomic E-state index is -4.37. The van der Waals surface area contributed by atoms with Crippen molar-refractivity contribution in [2.45, 2.75) is 24.3 Å². The van der Waals surface area contributed by atoms with Crippen LogP contribution >= 0.6 is 23.1 Å². The van der Waals surface area contributed by atoms with Crippen LogP contribution < -0.4 is 9.47 Å². The van der Waals surface area contributed by atoms with Gasteiger partial charge in [0.15, 0.2) is 6.54 Å². The van der Waals surface area contributed by atoms with Crippen molar-refractivity contribution in [3.8, 4) is 22.3 Å². The van der Waals surface area contributed by atoms with Gasteiger partial charge in [-0.1, -0.05) is 95.9 Å². The maximum atomic E-state index is 11.4. The molecule has 0 N–H and O–H groups in total. The predicted octanol–water partition coefficient (Wildman–Crippen LogP) is 6.30. The molecule has 5 aromatic rings. The summed E-state index contributed by atoms with van der Waals surface area (Å²) in [7, 11) is -8.75. The number of fused-ring (bicyclic) bond motifs is 2. The minimum absolute atomic E-state index is 0.160. The van der Waals surface area contributed by atoms with Gasteiger partial charge in [-0.2, -0.15) is 4.57 Å². The van der Waals surface area contributed by atoms with Crippen LogP contribution in [-0.2, 0) is 26.8 Å². The van der Waals surface area contributed by atoms with Gasteiger partial charge in [0.25, 0.3) is 5.01 Å². The molecule has 0 bridgehead atoms. The van der Waals surface area contributed by atoms with Gasteiger partial charge in [-0.05, 0) is 46.9 Å². The monoisotopic (exact) mass is 677 g/mol. The van der Waals surface area contributed by atoms with Crippen LogP contribution in [0.5, 0.6) is 0 Å². The molecule has 12 heteroatoms. The molecule has 0 aliphatic carbocycles. The third-order valence-electron chi connectivity index (χ3n) is 7.47. The highest BCUT2D eigenvalue weighted by Crippen LogP contribution is 2.48. The zero-order valence-corrected chi connectivity index (χ0v) is 27.3. The van der Waals surface area contributed by atoms with Crippen LogP contribution in [0.1, 0.15) is 17.8 Å². The van der Waals surface area contributed by atoms with Crippen LogP contribution in [0, 0.1) is 0 Å². The molecule has 0 saturated heterocycles. The molecule has 0 amide bonds. The van der Waals surface area contributed by atoms with Crippen LogP contribution in [0.25, 0.3) is 38.5 Å². The van der Waals surface area contributed by atoms with Gasteiger partial charge in [-0.25, -0.2) is 16.8 Å². The van der Waals surface area contributed by atoms with Gasteiger partial charge in [-0.3, -0.25) is 0 Å². The summed E-state index contributed by atoms with van der Waals surface area (Å²) < 4.78 is 71.7. The fraction of sp³-hybridized carbons (Fsp3) is 0.182. The molecule has 45 heavy (non-hydrogen) atoms. The highest BCUT2D eigenvalue weighted by molar-refractivity contribution is 8.04. The van der Waals surface area contributed by atoms with Gasteiger partial charge in [0.2, 0.25) is 5.52 Å². The summed E-state index contributed by atoms with van der Waals surface area (Å²) in [5.74, 6) is -0.937. The molecule has 4 aromatic carbocycles. The lowest BCUT2D eigenvalue weighted by Gasteiger charge is -2.21. The second-order valence-electron chi connectivity index (χ2n) is 10.7. The van der Waals surface area contributed by atoms with Crippen molar-refractivity contribution >= 4 is 65.3 Å². The number of aromatic nitrogens is 1. The molecule has 0 spiro atoms. The molecule has 1 aromatic heterocycles. The Morgan fingerprint density at radius 2 is 1.31 bits per heavy atom. The summed E-state index contributed by atoms with van der Waals surface area (Å²) >= 11 is 3.11. The first kappa shape index (κ1) is 31.5. The highest BCUT2D eigenvalue weighted by atomic mass is 32.2. The summed E-state index contributed by atoms with van der Waals surface area (Å²) in [6.07, 6.45) is 2.34. The largest absolute Gasteiger partial charge is 0.748 e. The van der Waals surface area contributed by atoms with Crippen LogP contribution in [0.15, 0.2) is 107 Å². The van der Waals surface area contributed by atoms with Crippen molar-refractivity contribution in [3.05, 3.63) is 107 Å². The summed E-state index contributed by atoms with van der Waals surface area (Å²) in [5, 5.41) is 1.72. The third kappa shape index (κ3) is 7.66. The van der Waals surface area contributed by atoms with E-state index in [0.717, 1.165) is 53.1 Å². The summed E-state index contributed by atoms with van der Waals surface area (Å²) in [6, 6.07) is 32.3. The van der Waals surface area contributed by atoms with Crippen LogP contribution in [0.4, 0.5) is 5.69 Å². The van der Waals surface area contributed by atoms with E-state index in [2.05, 4.69) is 24.3 Å². The molecule has 1 aliphatic rings. The second kappa shape index (κ2) is 13.1. The van der Waals surface area contributed by atoms with E-state index in [4.69, 9.17) is 0 Å². The molecular weight excluding hydrogens is 649 g/mol. The lowest BCUT2D eigenvalue weighted by atomic mass is 10.0. The van der Waals surface area contributed by atoms with Crippen LogP contribution in [0.3, 0.4) is 0 Å². The van der Waals surface area contributed by atoms with Gasteiger partial charge < -0.3 is 14.0 Å². The number of anilines is 1. The number of aryl methyl sites for hydroxylation is 1. The van der Waals surface area contributed by atoms with E-state index in [0.29, 0.717) is 13.1 Å². The zero-order chi connectivity index (χ0) is 31.6. The van der Waals surface area contributed by atoms with Crippen LogP contribution in [-0.4, -0.2) is 44.0 Å². The van der Waals surface area contributed by atoms with E-state index in [1.807, 2.05) is 88.3 Å². The Labute approximate surface area is 271 Å². The maximum absolute atomic E-state index is 11.4. The van der Waals surface area contributed by atoms with Crippen molar-refractivity contribution in [3.63, 3.8) is 0 Å². The van der Waals surface area contributed by atoms with Crippen molar-refractivity contribution in [1.82, 2.24) is 0 Å². The van der Waals surface area contributed by atoms with E-state index in [1.54, 1.807) is 23.1 Å². The quantitative estimate of drug-likeness (QED) is 0.118. The van der Waals surface area contributed by atoms with Crippen molar-refractivity contribution < 1.29 is 30.5 Å². The Kier molecular flexibility index (Phi) is 9.14. The lowest BCUT2D eigenvalue weighted by molar-refractivity contribution is -0.668. The molecular formula is C33H29N2O6S4-. The number of nitrogens with zero attached hydrogens (tertiary/aromatic N) is 2. The number of thiazole rings is 1. The average Bonchev–Trinajstić information content (AvgIpc) is 3.53. The topological polar surface area (TPSA) is 122 Å². The third-order valence-corrected chi connectivity index (χ3v) is 11.3. The van der Waals surface area contributed by atoms with Crippen molar-refractivity contribution in [2.24, 2.45) is 0 Å². The first-order valence-electron chi connectivity index (χ1n) is 14.3. The molecule has 0 fully saturated rings. The number of hydrogen-bond acceptors (Lipinski definition) is 9. The molecule has 2 heterocycles. The smallest absolute Gasteiger partial charge is 0.265 e. The number of thioether (sulfide) groups is 1. The van der Waals surface area contributed by atoms with Gasteiger partial charge in [-0.15, -0.1) is 0 Å². The van der Waals surface area contributed by atoms with E-state index in [9.17, 15) is 25.9 Å². The summed E-state index contributed by atoms with van der Waals surface area (Å²) in [6.45, 7) is 0.645. The molecule has 0 unspecified atom stereocenters. The number of hydrogen-bond donors (Lipinski definition) is 0. The second-order valence-corrected chi connectivity index (χ2v) is 15.8. The average molecular weight is 678 g/mol. The standard InChI is InChI=1S/C33H30N2O6S4/c36-44(37,38)19-7-17-34-28-21-26(24-9-3-1-4-10-24)13-15-30(28)42-32(34)23-33-35(18-8-20-45(39,40)41)29-22-27(14-16-31(29)43-33)25-11-5-2-6-12-25/h1-6,9-16,21-23H,7-8,17-20H2,(H-,36,37,38,39,40,41)/p-1. The fourth-order valence-electron chi connectivity index (χ4n) is 5.40. The van der Waals surface area contributed by atoms with Crippen LogP contribution in [0.2, 0.25) is 0 Å². The van der Waals surface area contributed by atoms with E-state index in [1.165, 1.54) is 0 Å². The molecule has 0 saturated carbocycles. The summed E-state index contributed by atoms with van der Waals surface area (Å²) in [4.78, 5) is 3.05. The molecule has 6 rings (SSSR count). The minimum Gasteiger partial charge on any atom is -0.748 e. The van der Waals surface area contributed by atoms with Gasteiger partial charge in [0, 0.05) is 35.4 Å². The Hall–Kier alpha value is -3.52. The van der Waals surface area contributed by atoms with Gasteiger partial charge in [0.05, 0.1) is 37.0 Å². The Balaban J connectivity index is 1.42. The van der Waals surface area contributed by atoms with E-state index >= 15 is 0 Å². The maximum Gasteiger partial charge on any atom is 0.265 e. The van der Waals surface area contributed by atoms with Crippen molar-refractivity contribution in [1.29, 1.82) is 0 Å².